The zero-order chi connectivity index (χ0) is 25.9. The van der Waals surface area contributed by atoms with E-state index in [-0.39, 0.29) is 30.5 Å². The molecule has 2 aliphatic rings. The van der Waals surface area contributed by atoms with Gasteiger partial charge in [0.05, 0.1) is 23.8 Å². The molecule has 0 spiro atoms. The molecule has 1 saturated heterocycles. The largest absolute Gasteiger partial charge is 0.452 e. The van der Waals surface area contributed by atoms with Crippen molar-refractivity contribution >= 4 is 34.6 Å². The Hall–Kier alpha value is -3.89. The van der Waals surface area contributed by atoms with E-state index in [0.29, 0.717) is 32.5 Å². The zero-order valence-electron chi connectivity index (χ0n) is 21.4. The Morgan fingerprint density at radius 1 is 1.22 bits per heavy atom. The highest BCUT2D eigenvalue weighted by Gasteiger charge is 2.31. The van der Waals surface area contributed by atoms with Gasteiger partial charge in [-0.1, -0.05) is 0 Å². The van der Waals surface area contributed by atoms with Crippen LogP contribution in [0.2, 0.25) is 0 Å². The molecule has 0 bridgehead atoms. The van der Waals surface area contributed by atoms with Gasteiger partial charge in [-0.2, -0.15) is 5.10 Å². The van der Waals surface area contributed by atoms with Gasteiger partial charge in [0.25, 0.3) is 0 Å². The number of nitrogens with one attached hydrogen (secondary N) is 1. The molecule has 0 radical (unpaired) electrons. The highest BCUT2D eigenvalue weighted by Crippen LogP contribution is 2.36. The van der Waals surface area contributed by atoms with Crippen LogP contribution in [0.1, 0.15) is 37.6 Å². The summed E-state index contributed by atoms with van der Waals surface area (Å²) in [5, 5.41) is 7.25. The van der Waals surface area contributed by atoms with E-state index in [9.17, 15) is 14.4 Å². The fourth-order valence-corrected chi connectivity index (χ4v) is 5.34. The molecule has 2 aliphatic heterocycles. The van der Waals surface area contributed by atoms with Gasteiger partial charge in [-0.15, -0.1) is 0 Å². The van der Waals surface area contributed by atoms with Crippen LogP contribution in [0, 0.1) is 0 Å². The summed E-state index contributed by atoms with van der Waals surface area (Å²) in [6.45, 7) is 4.46. The maximum atomic E-state index is 13.0. The van der Waals surface area contributed by atoms with Crippen LogP contribution in [0.25, 0.3) is 11.0 Å². The summed E-state index contributed by atoms with van der Waals surface area (Å²) in [4.78, 5) is 45.8. The first-order valence-electron chi connectivity index (χ1n) is 12.9. The molecule has 0 saturated carbocycles. The molecular formula is C26H33N7O4. The second kappa shape index (κ2) is 10.6. The minimum Gasteiger partial charge on any atom is -0.452 e. The van der Waals surface area contributed by atoms with E-state index in [4.69, 9.17) is 9.72 Å². The van der Waals surface area contributed by atoms with E-state index in [1.165, 1.54) is 7.11 Å². The first kappa shape index (κ1) is 24.8. The monoisotopic (exact) mass is 507 g/mol. The number of fused-ring (bicyclic) bond motifs is 3. The molecule has 5 rings (SSSR count). The summed E-state index contributed by atoms with van der Waals surface area (Å²) < 4.78 is 8.84. The summed E-state index contributed by atoms with van der Waals surface area (Å²) in [5.74, 6) is 0.802. The van der Waals surface area contributed by atoms with Crippen LogP contribution in [0.4, 0.5) is 10.5 Å². The molecule has 11 nitrogen and oxygen atoms in total. The molecule has 4 heterocycles. The molecule has 11 heteroatoms. The second-order valence-corrected chi connectivity index (χ2v) is 9.63. The number of carbonyl (C=O) groups is 3. The summed E-state index contributed by atoms with van der Waals surface area (Å²) in [6, 6.07) is 5.76. The Bertz CT molecular complexity index is 1300. The predicted octanol–water partition coefficient (Wildman–Crippen LogP) is 2.12. The van der Waals surface area contributed by atoms with Crippen molar-refractivity contribution in [3.8, 4) is 0 Å². The summed E-state index contributed by atoms with van der Waals surface area (Å²) >= 11 is 0. The van der Waals surface area contributed by atoms with Crippen molar-refractivity contribution in [1.82, 2.24) is 29.5 Å². The van der Waals surface area contributed by atoms with E-state index in [0.717, 1.165) is 53.9 Å². The Kier molecular flexibility index (Phi) is 7.11. The second-order valence-electron chi connectivity index (χ2n) is 9.63. The fraction of sp³-hybridized carbons (Fsp3) is 0.500. The van der Waals surface area contributed by atoms with Gasteiger partial charge in [0.1, 0.15) is 12.4 Å². The van der Waals surface area contributed by atoms with Crippen LogP contribution in [-0.2, 0) is 40.3 Å². The lowest BCUT2D eigenvalue weighted by Crippen LogP contribution is -2.42. The lowest BCUT2D eigenvalue weighted by atomic mass is 9.96. The summed E-state index contributed by atoms with van der Waals surface area (Å²) in [6.07, 6.45) is 6.89. The number of methoxy groups -OCH3 is 1. The number of hydrogen-bond acceptors (Lipinski definition) is 6. The maximum absolute atomic E-state index is 13.0. The Balaban J connectivity index is 1.42. The van der Waals surface area contributed by atoms with Crippen LogP contribution in [0.3, 0.4) is 0 Å². The van der Waals surface area contributed by atoms with Crippen LogP contribution in [0.15, 0.2) is 30.6 Å². The molecule has 1 fully saturated rings. The van der Waals surface area contributed by atoms with Crippen molar-refractivity contribution in [3.63, 3.8) is 0 Å². The fourth-order valence-electron chi connectivity index (χ4n) is 5.34. The van der Waals surface area contributed by atoms with Gasteiger partial charge in [-0.25, -0.2) is 9.78 Å². The van der Waals surface area contributed by atoms with Gasteiger partial charge in [0.2, 0.25) is 11.8 Å². The molecule has 0 unspecified atom stereocenters. The number of amides is 3. The number of hydrogen-bond donors (Lipinski definition) is 1. The number of carbonyl (C=O) groups excluding carboxylic acids is 3. The lowest BCUT2D eigenvalue weighted by Gasteiger charge is -2.34. The molecule has 3 amide bonds. The predicted molar refractivity (Wildman–Crippen MR) is 137 cm³/mol. The SMILES string of the molecule is COC(=O)N1c2ccc3c(nc(CCn4cccn4)n3CC(=O)NCCN3CCCC3=O)c2CC[C@@H]1C. The van der Waals surface area contributed by atoms with Crippen LogP contribution >= 0.6 is 0 Å². The Morgan fingerprint density at radius 2 is 2.08 bits per heavy atom. The van der Waals surface area contributed by atoms with Gasteiger partial charge >= 0.3 is 6.09 Å². The topological polar surface area (TPSA) is 115 Å². The van der Waals surface area contributed by atoms with Crippen molar-refractivity contribution in [2.24, 2.45) is 0 Å². The number of benzene rings is 1. The van der Waals surface area contributed by atoms with Crippen LogP contribution in [-0.4, -0.2) is 74.9 Å². The van der Waals surface area contributed by atoms with Crippen molar-refractivity contribution < 1.29 is 19.1 Å². The molecule has 1 N–H and O–H groups in total. The molecule has 37 heavy (non-hydrogen) atoms. The van der Waals surface area contributed by atoms with Gasteiger partial charge in [0.15, 0.2) is 0 Å². The van der Waals surface area contributed by atoms with Crippen molar-refractivity contribution in [2.45, 2.75) is 58.2 Å². The third kappa shape index (κ3) is 5.03. The van der Waals surface area contributed by atoms with E-state index in [1.54, 1.807) is 16.0 Å². The lowest BCUT2D eigenvalue weighted by molar-refractivity contribution is -0.128. The van der Waals surface area contributed by atoms with Crippen molar-refractivity contribution in [2.75, 3.05) is 31.6 Å². The third-order valence-corrected chi connectivity index (χ3v) is 7.26. The van der Waals surface area contributed by atoms with E-state index in [2.05, 4.69) is 10.4 Å². The van der Waals surface area contributed by atoms with Gasteiger partial charge < -0.3 is 19.5 Å². The highest BCUT2D eigenvalue weighted by molar-refractivity contribution is 5.95. The Labute approximate surface area is 215 Å². The minimum absolute atomic E-state index is 0.0204. The zero-order valence-corrected chi connectivity index (χ0v) is 21.4. The molecular weight excluding hydrogens is 474 g/mol. The molecule has 2 aromatic heterocycles. The third-order valence-electron chi connectivity index (χ3n) is 7.26. The number of imidazole rings is 1. The highest BCUT2D eigenvalue weighted by atomic mass is 16.5. The quantitative estimate of drug-likeness (QED) is 0.500. The summed E-state index contributed by atoms with van der Waals surface area (Å²) in [7, 11) is 1.39. The first-order valence-corrected chi connectivity index (χ1v) is 12.9. The number of aromatic nitrogens is 4. The number of rotatable bonds is 8. The number of ether oxygens (including phenoxy) is 1. The number of likely N-dealkylation sites (tertiary alicyclic amines) is 1. The van der Waals surface area contributed by atoms with Gasteiger partial charge in [0, 0.05) is 63.0 Å². The molecule has 3 aromatic rings. The molecule has 196 valence electrons. The molecule has 1 aromatic carbocycles. The van der Waals surface area contributed by atoms with Crippen LogP contribution in [0.5, 0.6) is 0 Å². The number of nitrogens with zero attached hydrogens (tertiary/aromatic N) is 6. The minimum atomic E-state index is -0.387. The van der Waals surface area contributed by atoms with E-state index in [1.807, 2.05) is 40.6 Å². The Morgan fingerprint density at radius 3 is 2.81 bits per heavy atom. The molecule has 0 aliphatic carbocycles. The average Bonchev–Trinajstić information content (AvgIpc) is 3.63. The normalized spacial score (nSPS) is 17.4. The maximum Gasteiger partial charge on any atom is 0.414 e. The molecule has 1 atom stereocenters. The van der Waals surface area contributed by atoms with E-state index >= 15 is 0 Å². The smallest absolute Gasteiger partial charge is 0.414 e. The van der Waals surface area contributed by atoms with E-state index < -0.39 is 0 Å². The number of aryl methyl sites for hydroxylation is 3. The summed E-state index contributed by atoms with van der Waals surface area (Å²) in [5.41, 5.74) is 3.47. The van der Waals surface area contributed by atoms with Gasteiger partial charge in [-0.05, 0) is 44.4 Å². The van der Waals surface area contributed by atoms with Gasteiger partial charge in [-0.3, -0.25) is 19.2 Å². The van der Waals surface area contributed by atoms with Crippen LogP contribution < -0.4 is 10.2 Å². The van der Waals surface area contributed by atoms with Crippen molar-refractivity contribution in [1.29, 1.82) is 0 Å². The first-order chi connectivity index (χ1) is 18.0. The number of anilines is 1. The van der Waals surface area contributed by atoms with Crippen molar-refractivity contribution in [3.05, 3.63) is 42.0 Å². The standard InChI is InChI=1S/C26H33N7O4/c1-18-6-7-19-20(33(18)26(36)37-2)8-9-21-25(19)29-22(10-15-31-14-4-11-28-31)32(21)17-23(34)27-12-16-30-13-3-5-24(30)35/h4,8-9,11,14,18H,3,5-7,10,12-13,15-17H2,1-2H3,(H,27,34)/t18-/m0/s1. The average molecular weight is 508 g/mol.